The van der Waals surface area contributed by atoms with Crippen LogP contribution in [-0.4, -0.2) is 25.0 Å². The van der Waals surface area contributed by atoms with Gasteiger partial charge in [0.05, 0.1) is 6.61 Å². The third kappa shape index (κ3) is 6.60. The molecule has 6 heteroatoms. The number of hydrogen-bond acceptors (Lipinski definition) is 4. The highest BCUT2D eigenvalue weighted by Gasteiger charge is 2.18. The number of hydrogen-bond donors (Lipinski definition) is 2. The lowest BCUT2D eigenvalue weighted by molar-refractivity contribution is -0.130. The minimum absolute atomic E-state index is 0.117. The third-order valence-electron chi connectivity index (χ3n) is 4.64. The lowest BCUT2D eigenvalue weighted by Gasteiger charge is -2.18. The number of carbonyl (C=O) groups excluding carboxylic acids is 2. The van der Waals surface area contributed by atoms with E-state index >= 15 is 0 Å². The molecular formula is C25H26N2O4. The van der Waals surface area contributed by atoms with E-state index in [0.29, 0.717) is 18.1 Å². The Hall–Kier alpha value is -3.80. The summed E-state index contributed by atoms with van der Waals surface area (Å²) >= 11 is 0. The fraction of sp³-hybridized carbons (Fsp3) is 0.200. The van der Waals surface area contributed by atoms with Crippen LogP contribution in [0.1, 0.15) is 30.4 Å². The number of carbonyl (C=O) groups is 2. The van der Waals surface area contributed by atoms with Gasteiger partial charge < -0.3 is 9.47 Å². The first-order valence-corrected chi connectivity index (χ1v) is 10.2. The summed E-state index contributed by atoms with van der Waals surface area (Å²) < 4.78 is 11.0. The Kier molecular flexibility index (Phi) is 8.05. The second-order valence-corrected chi connectivity index (χ2v) is 6.84. The van der Waals surface area contributed by atoms with E-state index in [1.54, 1.807) is 18.2 Å². The molecule has 0 spiro atoms. The van der Waals surface area contributed by atoms with Crippen molar-refractivity contribution < 1.29 is 19.1 Å². The number of hydrazine groups is 1. The second kappa shape index (κ2) is 11.4. The molecule has 0 saturated carbocycles. The third-order valence-corrected chi connectivity index (χ3v) is 4.64. The van der Waals surface area contributed by atoms with E-state index < -0.39 is 5.91 Å². The van der Waals surface area contributed by atoms with Gasteiger partial charge in [-0.25, -0.2) is 0 Å². The van der Waals surface area contributed by atoms with Crippen LogP contribution < -0.4 is 20.3 Å². The topological polar surface area (TPSA) is 76.7 Å². The standard InChI is InChI=1S/C25H26N2O4/c1-2-30-22-15-9-10-16-23(22)31-18-25(29)27-26-24(28)17-21(19-11-5-3-6-12-19)20-13-7-4-8-14-20/h3-16,21H,2,17-18H2,1H3,(H,26,28)(H,27,29). The molecule has 0 aromatic heterocycles. The number of nitrogens with one attached hydrogen (secondary N) is 2. The van der Waals surface area contributed by atoms with Crippen molar-refractivity contribution in [3.05, 3.63) is 96.1 Å². The van der Waals surface area contributed by atoms with Crippen molar-refractivity contribution in [3.63, 3.8) is 0 Å². The molecule has 6 nitrogen and oxygen atoms in total. The molecule has 160 valence electrons. The summed E-state index contributed by atoms with van der Waals surface area (Å²) in [5.74, 6) is 0.166. The summed E-state index contributed by atoms with van der Waals surface area (Å²) in [5.41, 5.74) is 6.95. The molecule has 0 aliphatic rings. The van der Waals surface area contributed by atoms with E-state index in [-0.39, 0.29) is 24.9 Å². The molecule has 31 heavy (non-hydrogen) atoms. The molecular weight excluding hydrogens is 392 g/mol. The van der Waals surface area contributed by atoms with Gasteiger partial charge in [0.25, 0.3) is 5.91 Å². The Morgan fingerprint density at radius 3 is 1.74 bits per heavy atom. The molecule has 3 rings (SSSR count). The van der Waals surface area contributed by atoms with Crippen LogP contribution in [-0.2, 0) is 9.59 Å². The van der Waals surface area contributed by atoms with E-state index in [9.17, 15) is 9.59 Å². The highest BCUT2D eigenvalue weighted by Crippen LogP contribution is 2.28. The van der Waals surface area contributed by atoms with Crippen LogP contribution in [0.25, 0.3) is 0 Å². The van der Waals surface area contributed by atoms with Crippen LogP contribution >= 0.6 is 0 Å². The van der Waals surface area contributed by atoms with Crippen molar-refractivity contribution in [2.45, 2.75) is 19.3 Å². The van der Waals surface area contributed by atoms with Gasteiger partial charge in [-0.1, -0.05) is 72.8 Å². The van der Waals surface area contributed by atoms with Crippen molar-refractivity contribution in [1.29, 1.82) is 0 Å². The smallest absolute Gasteiger partial charge is 0.276 e. The number of amides is 2. The van der Waals surface area contributed by atoms with Gasteiger partial charge in [0.15, 0.2) is 18.1 Å². The predicted octanol–water partition coefficient (Wildman–Crippen LogP) is 3.83. The number of rotatable bonds is 9. The van der Waals surface area contributed by atoms with Crippen molar-refractivity contribution in [1.82, 2.24) is 10.9 Å². The average molecular weight is 418 g/mol. The van der Waals surface area contributed by atoms with Gasteiger partial charge in [0.2, 0.25) is 5.91 Å². The average Bonchev–Trinajstić information content (AvgIpc) is 2.82. The fourth-order valence-electron chi connectivity index (χ4n) is 3.20. The maximum atomic E-state index is 12.5. The van der Waals surface area contributed by atoms with Gasteiger partial charge >= 0.3 is 0 Å². The summed E-state index contributed by atoms with van der Waals surface area (Å²) in [4.78, 5) is 24.7. The quantitative estimate of drug-likeness (QED) is 0.518. The normalized spacial score (nSPS) is 10.4. The first-order chi connectivity index (χ1) is 15.2. The highest BCUT2D eigenvalue weighted by molar-refractivity contribution is 5.83. The van der Waals surface area contributed by atoms with Crippen LogP contribution in [0.2, 0.25) is 0 Å². The Bertz CT molecular complexity index is 938. The minimum Gasteiger partial charge on any atom is -0.490 e. The van der Waals surface area contributed by atoms with Crippen LogP contribution in [0, 0.1) is 0 Å². The molecule has 2 amide bonds. The van der Waals surface area contributed by atoms with Gasteiger partial charge in [-0.2, -0.15) is 0 Å². The Morgan fingerprint density at radius 2 is 1.19 bits per heavy atom. The largest absolute Gasteiger partial charge is 0.490 e. The molecule has 2 N–H and O–H groups in total. The van der Waals surface area contributed by atoms with Crippen LogP contribution in [0.4, 0.5) is 0 Å². The maximum Gasteiger partial charge on any atom is 0.276 e. The molecule has 0 atom stereocenters. The van der Waals surface area contributed by atoms with Gasteiger partial charge in [0.1, 0.15) is 0 Å². The zero-order valence-electron chi connectivity index (χ0n) is 17.4. The zero-order chi connectivity index (χ0) is 21.9. The molecule has 0 heterocycles. The molecule has 0 aliphatic heterocycles. The van der Waals surface area contributed by atoms with E-state index in [0.717, 1.165) is 11.1 Å². The van der Waals surface area contributed by atoms with E-state index in [4.69, 9.17) is 9.47 Å². The Balaban J connectivity index is 1.54. The SMILES string of the molecule is CCOc1ccccc1OCC(=O)NNC(=O)CC(c1ccccc1)c1ccccc1. The molecule has 0 bridgehead atoms. The van der Waals surface area contributed by atoms with Crippen molar-refractivity contribution >= 4 is 11.8 Å². The Labute approximate surface area is 182 Å². The van der Waals surface area contributed by atoms with Gasteiger partial charge in [-0.05, 0) is 30.2 Å². The lowest BCUT2D eigenvalue weighted by Crippen LogP contribution is -2.44. The van der Waals surface area contributed by atoms with Gasteiger partial charge in [-0.15, -0.1) is 0 Å². The number of para-hydroxylation sites is 2. The van der Waals surface area contributed by atoms with Crippen molar-refractivity contribution in [3.8, 4) is 11.5 Å². The molecule has 0 unspecified atom stereocenters. The highest BCUT2D eigenvalue weighted by atomic mass is 16.5. The van der Waals surface area contributed by atoms with Crippen LogP contribution in [0.15, 0.2) is 84.9 Å². The first kappa shape index (κ1) is 21.9. The Morgan fingerprint density at radius 1 is 0.710 bits per heavy atom. The molecule has 0 aliphatic carbocycles. The molecule has 0 radical (unpaired) electrons. The van der Waals surface area contributed by atoms with Crippen LogP contribution in [0.5, 0.6) is 11.5 Å². The van der Waals surface area contributed by atoms with E-state index in [1.807, 2.05) is 73.7 Å². The minimum atomic E-state index is -0.462. The summed E-state index contributed by atoms with van der Waals surface area (Å²) in [6, 6.07) is 26.8. The molecule has 3 aromatic rings. The number of ether oxygens (including phenoxy) is 2. The predicted molar refractivity (Wildman–Crippen MR) is 119 cm³/mol. The van der Waals surface area contributed by atoms with E-state index in [2.05, 4.69) is 10.9 Å². The summed E-state index contributed by atoms with van der Waals surface area (Å²) in [6.07, 6.45) is 0.197. The summed E-state index contributed by atoms with van der Waals surface area (Å²) in [7, 11) is 0. The van der Waals surface area contributed by atoms with Crippen LogP contribution in [0.3, 0.4) is 0 Å². The molecule has 3 aromatic carbocycles. The monoisotopic (exact) mass is 418 g/mol. The van der Waals surface area contributed by atoms with E-state index in [1.165, 1.54) is 0 Å². The van der Waals surface area contributed by atoms with Gasteiger partial charge in [-0.3, -0.25) is 20.4 Å². The van der Waals surface area contributed by atoms with Gasteiger partial charge in [0, 0.05) is 12.3 Å². The summed E-state index contributed by atoms with van der Waals surface area (Å²) in [6.45, 7) is 2.12. The zero-order valence-corrected chi connectivity index (χ0v) is 17.4. The lowest BCUT2D eigenvalue weighted by atomic mass is 9.88. The maximum absolute atomic E-state index is 12.5. The fourth-order valence-corrected chi connectivity index (χ4v) is 3.20. The molecule has 0 fully saturated rings. The first-order valence-electron chi connectivity index (χ1n) is 10.2. The van der Waals surface area contributed by atoms with Crippen molar-refractivity contribution in [2.75, 3.05) is 13.2 Å². The second-order valence-electron chi connectivity index (χ2n) is 6.84. The molecule has 0 saturated heterocycles. The summed E-state index contributed by atoms with van der Waals surface area (Å²) in [5, 5.41) is 0. The van der Waals surface area contributed by atoms with Crippen molar-refractivity contribution in [2.24, 2.45) is 0 Å². The number of benzene rings is 3.